The largest absolute Gasteiger partial charge is 0.359 e. The number of aromatic amines is 1. The van der Waals surface area contributed by atoms with E-state index in [1.807, 2.05) is 31.6 Å². The van der Waals surface area contributed by atoms with E-state index in [1.54, 1.807) is 11.3 Å². The van der Waals surface area contributed by atoms with Crippen LogP contribution in [0.2, 0.25) is 0 Å². The Morgan fingerprint density at radius 3 is 3.00 bits per heavy atom. The molecule has 0 radical (unpaired) electrons. The van der Waals surface area contributed by atoms with E-state index in [1.165, 1.54) is 5.39 Å². The van der Waals surface area contributed by atoms with Gasteiger partial charge in [-0.25, -0.2) is 4.98 Å². The Balaban J connectivity index is 2.03. The van der Waals surface area contributed by atoms with E-state index in [4.69, 9.17) is 5.73 Å². The molecule has 0 fully saturated rings. The van der Waals surface area contributed by atoms with E-state index in [0.717, 1.165) is 21.2 Å². The van der Waals surface area contributed by atoms with Crippen molar-refractivity contribution in [3.8, 4) is 0 Å². The lowest BCUT2D eigenvalue weighted by atomic mass is 10.2. The van der Waals surface area contributed by atoms with Gasteiger partial charge in [0.15, 0.2) is 5.13 Å². The molecule has 2 aromatic heterocycles. The molecule has 0 aliphatic rings. The van der Waals surface area contributed by atoms with Crippen molar-refractivity contribution in [1.82, 2.24) is 9.97 Å². The minimum Gasteiger partial charge on any atom is -0.359 e. The number of hydrogen-bond acceptors (Lipinski definition) is 4. The summed E-state index contributed by atoms with van der Waals surface area (Å²) in [6.07, 6.45) is 3.85. The first-order chi connectivity index (χ1) is 8.79. The van der Waals surface area contributed by atoms with Crippen molar-refractivity contribution in [2.75, 3.05) is 11.9 Å². The van der Waals surface area contributed by atoms with Gasteiger partial charge in [0.25, 0.3) is 0 Å². The summed E-state index contributed by atoms with van der Waals surface area (Å²) in [7, 11) is 2.02. The molecular weight excluding hydrogens is 244 g/mol. The average Bonchev–Trinajstić information content (AvgIpc) is 3.04. The SMILES string of the molecule is CN(c1ncc(CN)s1)c1c[nH]c2ccccc12. The van der Waals surface area contributed by atoms with Crippen LogP contribution in [-0.2, 0) is 6.54 Å². The Kier molecular flexibility index (Phi) is 2.77. The maximum atomic E-state index is 5.62. The number of aromatic nitrogens is 2. The molecule has 1 aromatic carbocycles. The number of nitrogens with one attached hydrogen (secondary N) is 1. The Hall–Kier alpha value is -1.85. The van der Waals surface area contributed by atoms with E-state index in [-0.39, 0.29) is 0 Å². The van der Waals surface area contributed by atoms with Crippen LogP contribution in [0.3, 0.4) is 0 Å². The van der Waals surface area contributed by atoms with Crippen molar-refractivity contribution in [2.24, 2.45) is 5.73 Å². The fraction of sp³-hybridized carbons (Fsp3) is 0.154. The number of hydrogen-bond donors (Lipinski definition) is 2. The van der Waals surface area contributed by atoms with E-state index < -0.39 is 0 Å². The van der Waals surface area contributed by atoms with Gasteiger partial charge >= 0.3 is 0 Å². The standard InChI is InChI=1S/C13H14N4S/c1-17(13-16-7-9(6-14)18-13)12-8-15-11-5-3-2-4-10(11)12/h2-5,7-8,15H,6,14H2,1H3. The van der Waals surface area contributed by atoms with Crippen LogP contribution in [0.1, 0.15) is 4.88 Å². The second kappa shape index (κ2) is 4.44. The number of anilines is 2. The molecule has 0 unspecified atom stereocenters. The van der Waals surface area contributed by atoms with E-state index in [2.05, 4.69) is 27.0 Å². The van der Waals surface area contributed by atoms with Gasteiger partial charge in [-0.15, -0.1) is 11.3 Å². The molecular formula is C13H14N4S. The molecule has 0 spiro atoms. The van der Waals surface area contributed by atoms with Gasteiger partial charge in [-0.1, -0.05) is 18.2 Å². The van der Waals surface area contributed by atoms with Crippen LogP contribution in [0.15, 0.2) is 36.7 Å². The zero-order valence-electron chi connectivity index (χ0n) is 10.1. The number of H-pyrrole nitrogens is 1. The molecule has 0 aliphatic carbocycles. The Labute approximate surface area is 109 Å². The molecule has 0 saturated carbocycles. The number of thiazole rings is 1. The second-order valence-corrected chi connectivity index (χ2v) is 5.19. The van der Waals surface area contributed by atoms with Gasteiger partial charge in [-0.05, 0) is 6.07 Å². The van der Waals surface area contributed by atoms with Crippen LogP contribution in [0.5, 0.6) is 0 Å². The summed E-state index contributed by atoms with van der Waals surface area (Å²) in [5.74, 6) is 0. The number of rotatable bonds is 3. The fourth-order valence-corrected chi connectivity index (χ4v) is 2.75. The summed E-state index contributed by atoms with van der Waals surface area (Å²) in [6.45, 7) is 0.541. The van der Waals surface area contributed by atoms with E-state index in [9.17, 15) is 0 Å². The van der Waals surface area contributed by atoms with Crippen LogP contribution in [0.4, 0.5) is 10.8 Å². The van der Waals surface area contributed by atoms with Gasteiger partial charge in [-0.2, -0.15) is 0 Å². The number of nitrogens with zero attached hydrogens (tertiary/aromatic N) is 2. The van der Waals surface area contributed by atoms with Crippen molar-refractivity contribution in [3.05, 3.63) is 41.5 Å². The van der Waals surface area contributed by atoms with Gasteiger partial charge < -0.3 is 15.6 Å². The number of nitrogens with two attached hydrogens (primary N) is 1. The van der Waals surface area contributed by atoms with Crippen molar-refractivity contribution in [1.29, 1.82) is 0 Å². The maximum absolute atomic E-state index is 5.62. The smallest absolute Gasteiger partial charge is 0.189 e. The fourth-order valence-electron chi connectivity index (χ4n) is 1.98. The summed E-state index contributed by atoms with van der Waals surface area (Å²) in [6, 6.07) is 8.24. The predicted molar refractivity (Wildman–Crippen MR) is 76.4 cm³/mol. The predicted octanol–water partition coefficient (Wildman–Crippen LogP) is 2.85. The molecule has 18 heavy (non-hydrogen) atoms. The molecule has 3 aromatic rings. The molecule has 92 valence electrons. The molecule has 0 aliphatic heterocycles. The Morgan fingerprint density at radius 1 is 1.39 bits per heavy atom. The highest BCUT2D eigenvalue weighted by atomic mass is 32.1. The molecule has 0 amide bonds. The highest BCUT2D eigenvalue weighted by Crippen LogP contribution is 2.32. The molecule has 2 heterocycles. The number of benzene rings is 1. The lowest BCUT2D eigenvalue weighted by Crippen LogP contribution is -2.08. The van der Waals surface area contributed by atoms with Gasteiger partial charge in [0, 0.05) is 41.8 Å². The Bertz CT molecular complexity index is 670. The van der Waals surface area contributed by atoms with Gasteiger partial charge in [0.05, 0.1) is 5.69 Å². The zero-order valence-corrected chi connectivity index (χ0v) is 10.9. The topological polar surface area (TPSA) is 57.9 Å². The summed E-state index contributed by atoms with van der Waals surface area (Å²) in [4.78, 5) is 10.9. The molecule has 4 nitrogen and oxygen atoms in total. The first-order valence-corrected chi connectivity index (χ1v) is 6.56. The number of fused-ring (bicyclic) bond motifs is 1. The lowest BCUT2D eigenvalue weighted by molar-refractivity contribution is 1.09. The van der Waals surface area contributed by atoms with Crippen LogP contribution < -0.4 is 10.6 Å². The quantitative estimate of drug-likeness (QED) is 0.759. The first-order valence-electron chi connectivity index (χ1n) is 5.74. The van der Waals surface area contributed by atoms with E-state index in [0.29, 0.717) is 6.54 Å². The summed E-state index contributed by atoms with van der Waals surface area (Å²) >= 11 is 1.62. The number of para-hydroxylation sites is 1. The third kappa shape index (κ3) is 1.77. The molecule has 0 saturated heterocycles. The van der Waals surface area contributed by atoms with Crippen LogP contribution in [0, 0.1) is 0 Å². The van der Waals surface area contributed by atoms with E-state index >= 15 is 0 Å². The molecule has 3 N–H and O–H groups in total. The second-order valence-electron chi connectivity index (χ2n) is 4.09. The Morgan fingerprint density at radius 2 is 2.22 bits per heavy atom. The maximum Gasteiger partial charge on any atom is 0.189 e. The average molecular weight is 258 g/mol. The highest BCUT2D eigenvalue weighted by molar-refractivity contribution is 7.15. The molecule has 0 atom stereocenters. The minimum atomic E-state index is 0.541. The molecule has 3 rings (SSSR count). The van der Waals surface area contributed by atoms with Gasteiger partial charge in [0.1, 0.15) is 0 Å². The molecule has 5 heteroatoms. The van der Waals surface area contributed by atoms with Gasteiger partial charge in [0.2, 0.25) is 0 Å². The molecule has 0 bridgehead atoms. The monoisotopic (exact) mass is 258 g/mol. The minimum absolute atomic E-state index is 0.541. The van der Waals surface area contributed by atoms with Crippen LogP contribution >= 0.6 is 11.3 Å². The van der Waals surface area contributed by atoms with Crippen molar-refractivity contribution in [2.45, 2.75) is 6.54 Å². The lowest BCUT2D eigenvalue weighted by Gasteiger charge is -2.14. The summed E-state index contributed by atoms with van der Waals surface area (Å²) < 4.78 is 0. The summed E-state index contributed by atoms with van der Waals surface area (Å²) in [5.41, 5.74) is 7.88. The third-order valence-corrected chi connectivity index (χ3v) is 4.05. The zero-order chi connectivity index (χ0) is 12.5. The van der Waals surface area contributed by atoms with Crippen LogP contribution in [0.25, 0.3) is 10.9 Å². The van der Waals surface area contributed by atoms with Crippen molar-refractivity contribution in [3.63, 3.8) is 0 Å². The normalized spacial score (nSPS) is 11.0. The highest BCUT2D eigenvalue weighted by Gasteiger charge is 2.12. The van der Waals surface area contributed by atoms with Crippen molar-refractivity contribution < 1.29 is 0 Å². The van der Waals surface area contributed by atoms with Gasteiger partial charge in [-0.3, -0.25) is 0 Å². The first kappa shape index (κ1) is 11.3. The van der Waals surface area contributed by atoms with Crippen molar-refractivity contribution >= 4 is 33.1 Å². The summed E-state index contributed by atoms with van der Waals surface area (Å²) in [5, 5.41) is 2.16. The third-order valence-electron chi connectivity index (χ3n) is 2.96. The van der Waals surface area contributed by atoms with Crippen LogP contribution in [-0.4, -0.2) is 17.0 Å².